The molecule has 6 heteroatoms. The molecule has 16 heavy (non-hydrogen) atoms. The maximum atomic E-state index is 12.0. The Labute approximate surface area is 103 Å². The Balaban J connectivity index is 2.31. The third-order valence-corrected chi connectivity index (χ3v) is 4.71. The van der Waals surface area contributed by atoms with Crippen LogP contribution in [0.1, 0.15) is 12.0 Å². The van der Waals surface area contributed by atoms with Gasteiger partial charge in [0.15, 0.2) is 0 Å². The van der Waals surface area contributed by atoms with Crippen LogP contribution < -0.4 is 10.5 Å². The molecule has 0 bridgehead atoms. The van der Waals surface area contributed by atoms with Crippen LogP contribution in [0.15, 0.2) is 27.6 Å². The molecule has 1 aromatic carbocycles. The minimum absolute atomic E-state index is 0.0396. The van der Waals surface area contributed by atoms with Crippen molar-refractivity contribution in [3.8, 4) is 0 Å². The third kappa shape index (κ3) is 2.45. The molecule has 0 heterocycles. The molecule has 1 aliphatic rings. The molecule has 4 nitrogen and oxygen atoms in total. The molecule has 1 fully saturated rings. The smallest absolute Gasteiger partial charge is 0.241 e. The molecule has 2 unspecified atom stereocenters. The highest BCUT2D eigenvalue weighted by Crippen LogP contribution is 2.24. The molecule has 0 aliphatic heterocycles. The summed E-state index contributed by atoms with van der Waals surface area (Å²) in [6, 6.07) is 5.04. The Morgan fingerprint density at radius 1 is 1.50 bits per heavy atom. The average molecular weight is 305 g/mol. The highest BCUT2D eigenvalue weighted by Gasteiger charge is 2.37. The fourth-order valence-electron chi connectivity index (χ4n) is 1.48. The van der Waals surface area contributed by atoms with Crippen LogP contribution in [0.2, 0.25) is 0 Å². The molecule has 1 aromatic rings. The number of halogens is 1. The van der Waals surface area contributed by atoms with E-state index >= 15 is 0 Å². The van der Waals surface area contributed by atoms with Crippen LogP contribution >= 0.6 is 15.9 Å². The van der Waals surface area contributed by atoms with E-state index in [2.05, 4.69) is 20.7 Å². The molecule has 1 aliphatic carbocycles. The molecule has 2 rings (SSSR count). The largest absolute Gasteiger partial charge is 0.326 e. The molecule has 0 spiro atoms. The van der Waals surface area contributed by atoms with Crippen molar-refractivity contribution in [1.29, 1.82) is 0 Å². The van der Waals surface area contributed by atoms with Gasteiger partial charge in [0.05, 0.1) is 4.90 Å². The molecule has 88 valence electrons. The number of benzene rings is 1. The summed E-state index contributed by atoms with van der Waals surface area (Å²) in [5.41, 5.74) is 6.31. The van der Waals surface area contributed by atoms with Gasteiger partial charge in [-0.05, 0) is 31.0 Å². The first kappa shape index (κ1) is 12.0. The SMILES string of the molecule is Cc1ccc(Br)cc1S(=O)(=O)NC1CC1N. The molecule has 3 N–H and O–H groups in total. The summed E-state index contributed by atoms with van der Waals surface area (Å²) in [5.74, 6) is 0. The summed E-state index contributed by atoms with van der Waals surface area (Å²) in [6.07, 6.45) is 0.715. The Bertz CT molecular complexity index is 516. The van der Waals surface area contributed by atoms with Crippen LogP contribution in [0, 0.1) is 6.92 Å². The number of aryl methyl sites for hydroxylation is 1. The number of sulfonamides is 1. The zero-order valence-corrected chi connectivity index (χ0v) is 11.2. The van der Waals surface area contributed by atoms with E-state index in [0.29, 0.717) is 11.3 Å². The summed E-state index contributed by atoms with van der Waals surface area (Å²) in [7, 11) is -3.44. The maximum Gasteiger partial charge on any atom is 0.241 e. The number of rotatable bonds is 3. The van der Waals surface area contributed by atoms with E-state index in [9.17, 15) is 8.42 Å². The van der Waals surface area contributed by atoms with E-state index < -0.39 is 10.0 Å². The van der Waals surface area contributed by atoms with Gasteiger partial charge in [-0.15, -0.1) is 0 Å². The number of hydrogen-bond acceptors (Lipinski definition) is 3. The van der Waals surface area contributed by atoms with E-state index in [1.165, 1.54) is 0 Å². The normalized spacial score (nSPS) is 24.4. The second-order valence-corrected chi connectivity index (χ2v) is 6.64. The van der Waals surface area contributed by atoms with E-state index in [1.807, 2.05) is 6.07 Å². The van der Waals surface area contributed by atoms with Crippen LogP contribution in [0.3, 0.4) is 0 Å². The van der Waals surface area contributed by atoms with Gasteiger partial charge in [0, 0.05) is 16.6 Å². The lowest BCUT2D eigenvalue weighted by atomic mass is 10.2. The Morgan fingerprint density at radius 2 is 2.12 bits per heavy atom. The van der Waals surface area contributed by atoms with Gasteiger partial charge in [0.25, 0.3) is 0 Å². The fraction of sp³-hybridized carbons (Fsp3) is 0.400. The van der Waals surface area contributed by atoms with E-state index in [4.69, 9.17) is 5.73 Å². The van der Waals surface area contributed by atoms with E-state index in [-0.39, 0.29) is 12.1 Å². The van der Waals surface area contributed by atoms with Crippen LogP contribution in [-0.4, -0.2) is 20.5 Å². The van der Waals surface area contributed by atoms with Gasteiger partial charge in [-0.1, -0.05) is 22.0 Å². The predicted octanol–water partition coefficient (Wildman–Crippen LogP) is 1.14. The number of hydrogen-bond donors (Lipinski definition) is 2. The summed E-state index contributed by atoms with van der Waals surface area (Å²) < 4.78 is 27.4. The zero-order valence-electron chi connectivity index (χ0n) is 8.77. The lowest BCUT2D eigenvalue weighted by molar-refractivity contribution is 0.579. The Morgan fingerprint density at radius 3 is 2.69 bits per heavy atom. The molecule has 1 saturated carbocycles. The monoisotopic (exact) mass is 304 g/mol. The van der Waals surface area contributed by atoms with Gasteiger partial charge in [0.1, 0.15) is 0 Å². The topological polar surface area (TPSA) is 72.2 Å². The number of nitrogens with one attached hydrogen (secondary N) is 1. The lowest BCUT2D eigenvalue weighted by Crippen LogP contribution is -2.30. The van der Waals surface area contributed by atoms with Gasteiger partial charge in [-0.2, -0.15) is 0 Å². The summed E-state index contributed by atoms with van der Waals surface area (Å²) in [4.78, 5) is 0.306. The standard InChI is InChI=1S/C10H13BrN2O2S/c1-6-2-3-7(11)4-10(6)16(14,15)13-9-5-8(9)12/h2-4,8-9,13H,5,12H2,1H3. The van der Waals surface area contributed by atoms with Gasteiger partial charge in [-0.25, -0.2) is 13.1 Å². The minimum atomic E-state index is -3.44. The van der Waals surface area contributed by atoms with Crippen molar-refractivity contribution in [2.24, 2.45) is 5.73 Å². The van der Waals surface area contributed by atoms with E-state index in [1.54, 1.807) is 19.1 Å². The van der Waals surface area contributed by atoms with Crippen LogP contribution in [0.25, 0.3) is 0 Å². The van der Waals surface area contributed by atoms with Crippen LogP contribution in [0.4, 0.5) is 0 Å². The highest BCUT2D eigenvalue weighted by molar-refractivity contribution is 9.10. The highest BCUT2D eigenvalue weighted by atomic mass is 79.9. The van der Waals surface area contributed by atoms with Crippen molar-refractivity contribution in [1.82, 2.24) is 4.72 Å². The molecule has 0 radical (unpaired) electrons. The van der Waals surface area contributed by atoms with Gasteiger partial charge >= 0.3 is 0 Å². The van der Waals surface area contributed by atoms with E-state index in [0.717, 1.165) is 10.0 Å². The molecular weight excluding hydrogens is 292 g/mol. The van der Waals surface area contributed by atoms with Crippen LogP contribution in [0.5, 0.6) is 0 Å². The van der Waals surface area contributed by atoms with Gasteiger partial charge in [0.2, 0.25) is 10.0 Å². The second kappa shape index (κ2) is 4.10. The first-order valence-corrected chi connectivity index (χ1v) is 7.22. The van der Waals surface area contributed by atoms with Crippen molar-refractivity contribution < 1.29 is 8.42 Å². The molecule has 0 amide bonds. The summed E-state index contributed by atoms with van der Waals surface area (Å²) >= 11 is 3.27. The Hall–Kier alpha value is -0.430. The maximum absolute atomic E-state index is 12.0. The van der Waals surface area contributed by atoms with Gasteiger partial charge in [-0.3, -0.25) is 0 Å². The minimum Gasteiger partial charge on any atom is -0.326 e. The summed E-state index contributed by atoms with van der Waals surface area (Å²) in [6.45, 7) is 1.77. The average Bonchev–Trinajstić information content (AvgIpc) is 2.85. The van der Waals surface area contributed by atoms with Crippen LogP contribution in [-0.2, 0) is 10.0 Å². The quantitative estimate of drug-likeness (QED) is 0.879. The zero-order chi connectivity index (χ0) is 11.9. The molecule has 0 saturated heterocycles. The van der Waals surface area contributed by atoms with Crippen molar-refractivity contribution >= 4 is 26.0 Å². The number of nitrogens with two attached hydrogens (primary N) is 1. The first-order chi connectivity index (χ1) is 7.40. The fourth-order valence-corrected chi connectivity index (χ4v) is 3.56. The predicted molar refractivity (Wildman–Crippen MR) is 65.6 cm³/mol. The molecule has 2 atom stereocenters. The first-order valence-electron chi connectivity index (χ1n) is 4.94. The van der Waals surface area contributed by atoms with Crippen molar-refractivity contribution in [2.75, 3.05) is 0 Å². The summed E-state index contributed by atoms with van der Waals surface area (Å²) in [5, 5.41) is 0. The van der Waals surface area contributed by atoms with Crippen molar-refractivity contribution in [2.45, 2.75) is 30.3 Å². The van der Waals surface area contributed by atoms with Crippen molar-refractivity contribution in [3.05, 3.63) is 28.2 Å². The van der Waals surface area contributed by atoms with Crippen molar-refractivity contribution in [3.63, 3.8) is 0 Å². The Kier molecular flexibility index (Phi) is 3.09. The third-order valence-electron chi connectivity index (χ3n) is 2.59. The second-order valence-electron chi connectivity index (χ2n) is 4.04. The molecule has 0 aromatic heterocycles. The molecular formula is C10H13BrN2O2S. The van der Waals surface area contributed by atoms with Gasteiger partial charge < -0.3 is 5.73 Å². The lowest BCUT2D eigenvalue weighted by Gasteiger charge is -2.09.